The van der Waals surface area contributed by atoms with Crippen molar-refractivity contribution < 1.29 is 13.9 Å². The molecule has 0 radical (unpaired) electrons. The molecule has 0 aliphatic carbocycles. The van der Waals surface area contributed by atoms with Gasteiger partial charge in [0.25, 0.3) is 0 Å². The maximum Gasteiger partial charge on any atom is 0.246 e. The van der Waals surface area contributed by atoms with Crippen molar-refractivity contribution in [2.75, 3.05) is 47.4 Å². The van der Waals surface area contributed by atoms with E-state index < -0.39 is 0 Å². The Balaban J connectivity index is 2.63. The van der Waals surface area contributed by atoms with Crippen LogP contribution in [-0.2, 0) is 9.53 Å². The molecule has 116 valence electrons. The molecule has 0 saturated heterocycles. The van der Waals surface area contributed by atoms with Crippen LogP contribution in [0.3, 0.4) is 0 Å². The third-order valence-electron chi connectivity index (χ3n) is 2.98. The van der Waals surface area contributed by atoms with E-state index in [1.165, 1.54) is 18.2 Å². The summed E-state index contributed by atoms with van der Waals surface area (Å²) < 4.78 is 17.8. The zero-order valence-corrected chi connectivity index (χ0v) is 12.9. The number of hydrogen-bond acceptors (Lipinski definition) is 3. The Morgan fingerprint density at radius 2 is 1.86 bits per heavy atom. The molecule has 0 fully saturated rings. The minimum absolute atomic E-state index is 0.0711. The predicted octanol–water partition coefficient (Wildman–Crippen LogP) is 1.88. The van der Waals surface area contributed by atoms with E-state index in [9.17, 15) is 9.18 Å². The lowest BCUT2D eigenvalue weighted by Crippen LogP contribution is -2.37. The Hall–Kier alpha value is -1.72. The summed E-state index contributed by atoms with van der Waals surface area (Å²) in [5, 5.41) is 0. The summed E-state index contributed by atoms with van der Waals surface area (Å²) in [5.41, 5.74) is 0.795. The second kappa shape index (κ2) is 9.26. The van der Waals surface area contributed by atoms with Gasteiger partial charge in [0, 0.05) is 32.8 Å². The molecular weight excluding hydrogens is 271 g/mol. The number of hydrogen-bond donors (Lipinski definition) is 0. The van der Waals surface area contributed by atoms with Crippen molar-refractivity contribution >= 4 is 12.0 Å². The molecule has 0 saturated carbocycles. The maximum atomic E-state index is 12.8. The molecule has 21 heavy (non-hydrogen) atoms. The van der Waals surface area contributed by atoms with Gasteiger partial charge in [0.15, 0.2) is 0 Å². The summed E-state index contributed by atoms with van der Waals surface area (Å²) in [7, 11) is 5.55. The normalized spacial score (nSPS) is 11.3. The molecule has 0 spiro atoms. The zero-order chi connectivity index (χ0) is 15.7. The quantitative estimate of drug-likeness (QED) is 0.686. The van der Waals surface area contributed by atoms with E-state index in [0.29, 0.717) is 19.7 Å². The number of amides is 1. The van der Waals surface area contributed by atoms with E-state index in [4.69, 9.17) is 4.74 Å². The molecule has 0 aliphatic rings. The Labute approximate surface area is 125 Å². The van der Waals surface area contributed by atoms with Crippen LogP contribution >= 0.6 is 0 Å². The highest BCUT2D eigenvalue weighted by Crippen LogP contribution is 2.05. The number of ether oxygens (including phenoxy) is 1. The monoisotopic (exact) mass is 294 g/mol. The molecule has 0 atom stereocenters. The second-order valence-corrected chi connectivity index (χ2v) is 5.01. The van der Waals surface area contributed by atoms with Crippen molar-refractivity contribution in [3.05, 3.63) is 41.7 Å². The van der Waals surface area contributed by atoms with E-state index >= 15 is 0 Å². The molecule has 4 nitrogen and oxygen atoms in total. The smallest absolute Gasteiger partial charge is 0.246 e. The molecule has 1 rings (SSSR count). The van der Waals surface area contributed by atoms with Crippen molar-refractivity contribution in [2.45, 2.75) is 0 Å². The fourth-order valence-corrected chi connectivity index (χ4v) is 1.70. The number of halogens is 1. The first-order valence-electron chi connectivity index (χ1n) is 6.89. The Morgan fingerprint density at radius 1 is 1.19 bits per heavy atom. The van der Waals surface area contributed by atoms with Crippen molar-refractivity contribution in [1.82, 2.24) is 9.80 Å². The predicted molar refractivity (Wildman–Crippen MR) is 82.4 cm³/mol. The topological polar surface area (TPSA) is 32.8 Å². The van der Waals surface area contributed by atoms with Gasteiger partial charge in [-0.15, -0.1) is 0 Å². The first kappa shape index (κ1) is 17.3. The fraction of sp³-hybridized carbons (Fsp3) is 0.438. The molecule has 0 unspecified atom stereocenters. The molecule has 0 heterocycles. The van der Waals surface area contributed by atoms with Gasteiger partial charge >= 0.3 is 0 Å². The third-order valence-corrected chi connectivity index (χ3v) is 2.98. The lowest BCUT2D eigenvalue weighted by Gasteiger charge is -2.22. The van der Waals surface area contributed by atoms with Crippen LogP contribution in [0.2, 0.25) is 0 Å². The maximum absolute atomic E-state index is 12.8. The number of benzene rings is 1. The van der Waals surface area contributed by atoms with Crippen molar-refractivity contribution in [3.63, 3.8) is 0 Å². The van der Waals surface area contributed by atoms with Crippen LogP contribution in [0.1, 0.15) is 5.56 Å². The van der Waals surface area contributed by atoms with Crippen LogP contribution in [0.25, 0.3) is 6.08 Å². The molecule has 0 bridgehead atoms. The summed E-state index contributed by atoms with van der Waals surface area (Å²) in [5.74, 6) is -0.357. The summed E-state index contributed by atoms with van der Waals surface area (Å²) in [6.45, 7) is 2.49. The number of nitrogens with zero attached hydrogens (tertiary/aromatic N) is 2. The number of likely N-dealkylation sites (N-methyl/N-ethyl adjacent to an activating group) is 1. The molecular formula is C16H23FN2O2. The van der Waals surface area contributed by atoms with Gasteiger partial charge in [0.1, 0.15) is 5.82 Å². The van der Waals surface area contributed by atoms with Gasteiger partial charge in [0.2, 0.25) is 5.91 Å². The molecule has 1 aromatic rings. The van der Waals surface area contributed by atoms with Crippen molar-refractivity contribution in [3.8, 4) is 0 Å². The summed E-state index contributed by atoms with van der Waals surface area (Å²) in [6.07, 6.45) is 3.20. The van der Waals surface area contributed by atoms with E-state index in [0.717, 1.165) is 12.1 Å². The minimum Gasteiger partial charge on any atom is -0.383 e. The molecule has 1 amide bonds. The molecule has 0 N–H and O–H groups in total. The van der Waals surface area contributed by atoms with Crippen LogP contribution in [0.15, 0.2) is 30.3 Å². The zero-order valence-electron chi connectivity index (χ0n) is 12.9. The van der Waals surface area contributed by atoms with Gasteiger partial charge in [-0.2, -0.15) is 0 Å². The van der Waals surface area contributed by atoms with Crippen LogP contribution in [0, 0.1) is 5.82 Å². The molecule has 5 heteroatoms. The van der Waals surface area contributed by atoms with Crippen molar-refractivity contribution in [1.29, 1.82) is 0 Å². The Bertz CT molecular complexity index is 458. The summed E-state index contributed by atoms with van der Waals surface area (Å²) in [6, 6.07) is 6.02. The van der Waals surface area contributed by atoms with Gasteiger partial charge < -0.3 is 14.5 Å². The molecule has 1 aromatic carbocycles. The SMILES string of the molecule is COCCN(CCN(C)C)C(=O)/C=C/c1ccc(F)cc1. The largest absolute Gasteiger partial charge is 0.383 e. The first-order chi connectivity index (χ1) is 10.0. The van der Waals surface area contributed by atoms with E-state index in [1.807, 2.05) is 19.0 Å². The number of carbonyl (C=O) groups excluding carboxylic acids is 1. The van der Waals surface area contributed by atoms with Crippen LogP contribution in [0.4, 0.5) is 4.39 Å². The Morgan fingerprint density at radius 3 is 2.43 bits per heavy atom. The van der Waals surface area contributed by atoms with Crippen LogP contribution < -0.4 is 0 Å². The molecule has 0 aliphatic heterocycles. The second-order valence-electron chi connectivity index (χ2n) is 5.01. The summed E-state index contributed by atoms with van der Waals surface area (Å²) >= 11 is 0. The average molecular weight is 294 g/mol. The van der Waals surface area contributed by atoms with E-state index in [2.05, 4.69) is 0 Å². The lowest BCUT2D eigenvalue weighted by atomic mass is 10.2. The third kappa shape index (κ3) is 7.02. The first-order valence-corrected chi connectivity index (χ1v) is 6.89. The van der Waals surface area contributed by atoms with Crippen LogP contribution in [-0.4, -0.2) is 63.2 Å². The van der Waals surface area contributed by atoms with Gasteiger partial charge in [-0.1, -0.05) is 12.1 Å². The number of rotatable bonds is 8. The van der Waals surface area contributed by atoms with Gasteiger partial charge in [-0.25, -0.2) is 4.39 Å². The van der Waals surface area contributed by atoms with E-state index in [-0.39, 0.29) is 11.7 Å². The number of carbonyl (C=O) groups is 1. The van der Waals surface area contributed by atoms with Gasteiger partial charge in [-0.05, 0) is 37.9 Å². The molecule has 0 aromatic heterocycles. The highest BCUT2D eigenvalue weighted by Gasteiger charge is 2.10. The summed E-state index contributed by atoms with van der Waals surface area (Å²) in [4.78, 5) is 16.0. The standard InChI is InChI=1S/C16H23FN2O2/c1-18(2)10-11-19(12-13-21-3)16(20)9-6-14-4-7-15(17)8-5-14/h4-9H,10-13H2,1-3H3/b9-6+. The van der Waals surface area contributed by atoms with Gasteiger partial charge in [-0.3, -0.25) is 4.79 Å². The van der Waals surface area contributed by atoms with E-state index in [1.54, 1.807) is 30.2 Å². The fourth-order valence-electron chi connectivity index (χ4n) is 1.70. The highest BCUT2D eigenvalue weighted by atomic mass is 19.1. The lowest BCUT2D eigenvalue weighted by molar-refractivity contribution is -0.126. The highest BCUT2D eigenvalue weighted by molar-refractivity contribution is 5.91. The minimum atomic E-state index is -0.286. The van der Waals surface area contributed by atoms with Gasteiger partial charge in [0.05, 0.1) is 6.61 Å². The van der Waals surface area contributed by atoms with Crippen LogP contribution in [0.5, 0.6) is 0 Å². The Kier molecular flexibility index (Phi) is 7.64. The van der Waals surface area contributed by atoms with Crippen molar-refractivity contribution in [2.24, 2.45) is 0 Å². The average Bonchev–Trinajstić information content (AvgIpc) is 2.46. The number of methoxy groups -OCH3 is 1.